The Morgan fingerprint density at radius 1 is 1.11 bits per heavy atom. The number of carboxylic acid groups (broad SMARTS) is 1. The Balaban J connectivity index is 2.48. The third-order valence-electron chi connectivity index (χ3n) is 2.93. The first-order valence-corrected chi connectivity index (χ1v) is 5.68. The molecule has 0 amide bonds. The number of hydrogen-bond acceptors (Lipinski definition) is 1. The molecule has 0 heterocycles. The third kappa shape index (κ3) is 2.33. The van der Waals surface area contributed by atoms with Crippen molar-refractivity contribution in [2.75, 3.05) is 0 Å². The van der Waals surface area contributed by atoms with Crippen LogP contribution >= 0.6 is 0 Å². The summed E-state index contributed by atoms with van der Waals surface area (Å²) in [7, 11) is 0. The van der Waals surface area contributed by atoms with Crippen LogP contribution in [0.5, 0.6) is 0 Å². The van der Waals surface area contributed by atoms with Crippen LogP contribution in [0.2, 0.25) is 0 Å². The van der Waals surface area contributed by atoms with E-state index in [2.05, 4.69) is 6.58 Å². The first-order chi connectivity index (χ1) is 8.59. The summed E-state index contributed by atoms with van der Waals surface area (Å²) in [6, 6.07) is 15.5. The second kappa shape index (κ2) is 4.88. The molecule has 2 heteroatoms. The van der Waals surface area contributed by atoms with Gasteiger partial charge in [-0.15, -0.1) is 0 Å². The summed E-state index contributed by atoms with van der Waals surface area (Å²) in [6.07, 6.45) is 0. The number of aliphatic carboxylic acids is 1. The molecular formula is C16H14O2. The lowest BCUT2D eigenvalue weighted by Crippen LogP contribution is -1.98. The number of benzene rings is 2. The molecule has 90 valence electrons. The Bertz CT molecular complexity index is 612. The Morgan fingerprint density at radius 2 is 1.83 bits per heavy atom. The molecule has 0 aliphatic rings. The molecular weight excluding hydrogens is 224 g/mol. The molecule has 0 aliphatic heterocycles. The highest BCUT2D eigenvalue weighted by Gasteiger charge is 2.08. The third-order valence-corrected chi connectivity index (χ3v) is 2.93. The van der Waals surface area contributed by atoms with Crippen molar-refractivity contribution in [2.45, 2.75) is 6.92 Å². The molecule has 0 radical (unpaired) electrons. The fourth-order valence-electron chi connectivity index (χ4n) is 1.89. The van der Waals surface area contributed by atoms with E-state index < -0.39 is 5.97 Å². The SMILES string of the molecule is C=C(C(=O)O)c1cccc(-c2ccccc2C)c1. The molecule has 0 saturated heterocycles. The van der Waals surface area contributed by atoms with Gasteiger partial charge in [-0.1, -0.05) is 49.0 Å². The topological polar surface area (TPSA) is 37.3 Å². The lowest BCUT2D eigenvalue weighted by molar-refractivity contribution is -0.130. The van der Waals surface area contributed by atoms with E-state index in [0.717, 1.165) is 16.7 Å². The predicted octanol–water partition coefficient (Wildman–Crippen LogP) is 3.76. The summed E-state index contributed by atoms with van der Waals surface area (Å²) in [4.78, 5) is 10.9. The fourth-order valence-corrected chi connectivity index (χ4v) is 1.89. The van der Waals surface area contributed by atoms with Gasteiger partial charge in [-0.2, -0.15) is 0 Å². The zero-order valence-corrected chi connectivity index (χ0v) is 10.2. The Hall–Kier alpha value is -2.35. The van der Waals surface area contributed by atoms with Gasteiger partial charge in [-0.25, -0.2) is 4.79 Å². The molecule has 0 bridgehead atoms. The standard InChI is InChI=1S/C16H14O2/c1-11-6-3-4-9-15(11)14-8-5-7-13(10-14)12(2)16(17)18/h3-10H,2H2,1H3,(H,17,18). The molecule has 0 fully saturated rings. The Labute approximate surface area is 106 Å². The van der Waals surface area contributed by atoms with E-state index >= 15 is 0 Å². The van der Waals surface area contributed by atoms with E-state index in [0.29, 0.717) is 5.56 Å². The molecule has 0 aromatic heterocycles. The minimum Gasteiger partial charge on any atom is -0.478 e. The lowest BCUT2D eigenvalue weighted by Gasteiger charge is -2.08. The van der Waals surface area contributed by atoms with Crippen LogP contribution in [0.4, 0.5) is 0 Å². The van der Waals surface area contributed by atoms with Crippen molar-refractivity contribution in [2.24, 2.45) is 0 Å². The average molecular weight is 238 g/mol. The van der Waals surface area contributed by atoms with Gasteiger partial charge in [0.1, 0.15) is 0 Å². The van der Waals surface area contributed by atoms with Crippen LogP contribution in [0.3, 0.4) is 0 Å². The van der Waals surface area contributed by atoms with Gasteiger partial charge >= 0.3 is 5.97 Å². The highest BCUT2D eigenvalue weighted by atomic mass is 16.4. The van der Waals surface area contributed by atoms with Crippen LogP contribution in [-0.2, 0) is 4.79 Å². The van der Waals surface area contributed by atoms with Crippen molar-refractivity contribution in [1.29, 1.82) is 0 Å². The lowest BCUT2D eigenvalue weighted by atomic mass is 9.97. The Morgan fingerprint density at radius 3 is 2.50 bits per heavy atom. The van der Waals surface area contributed by atoms with Crippen LogP contribution in [0.1, 0.15) is 11.1 Å². The first-order valence-electron chi connectivity index (χ1n) is 5.68. The summed E-state index contributed by atoms with van der Waals surface area (Å²) in [6.45, 7) is 5.62. The summed E-state index contributed by atoms with van der Waals surface area (Å²) in [5.41, 5.74) is 4.04. The van der Waals surface area contributed by atoms with Gasteiger partial charge < -0.3 is 5.11 Å². The summed E-state index contributed by atoms with van der Waals surface area (Å²) < 4.78 is 0. The molecule has 2 aromatic rings. The second-order valence-electron chi connectivity index (χ2n) is 4.18. The molecule has 0 unspecified atom stereocenters. The van der Waals surface area contributed by atoms with Gasteiger partial charge in [0, 0.05) is 0 Å². The van der Waals surface area contributed by atoms with Crippen LogP contribution in [0, 0.1) is 6.92 Å². The van der Waals surface area contributed by atoms with Crippen molar-refractivity contribution < 1.29 is 9.90 Å². The molecule has 2 rings (SSSR count). The molecule has 0 spiro atoms. The fraction of sp³-hybridized carbons (Fsp3) is 0.0625. The van der Waals surface area contributed by atoms with Crippen molar-refractivity contribution in [3.8, 4) is 11.1 Å². The largest absolute Gasteiger partial charge is 0.478 e. The maximum absolute atomic E-state index is 10.9. The van der Waals surface area contributed by atoms with E-state index in [1.807, 2.05) is 49.4 Å². The first kappa shape index (κ1) is 12.1. The van der Waals surface area contributed by atoms with Crippen LogP contribution < -0.4 is 0 Å². The van der Waals surface area contributed by atoms with Crippen molar-refractivity contribution >= 4 is 11.5 Å². The van der Waals surface area contributed by atoms with Gasteiger partial charge in [-0.3, -0.25) is 0 Å². The predicted molar refractivity (Wildman–Crippen MR) is 73.3 cm³/mol. The number of hydrogen-bond donors (Lipinski definition) is 1. The van der Waals surface area contributed by atoms with Gasteiger partial charge in [0.05, 0.1) is 5.57 Å². The molecule has 1 N–H and O–H groups in total. The van der Waals surface area contributed by atoms with Crippen LogP contribution in [0.15, 0.2) is 55.1 Å². The number of aryl methyl sites for hydroxylation is 1. The Kier molecular flexibility index (Phi) is 3.28. The van der Waals surface area contributed by atoms with E-state index in [4.69, 9.17) is 5.11 Å². The summed E-state index contributed by atoms with van der Waals surface area (Å²) in [5.74, 6) is -0.989. The normalized spacial score (nSPS) is 10.1. The molecule has 2 aromatic carbocycles. The summed E-state index contributed by atoms with van der Waals surface area (Å²) in [5, 5.41) is 8.95. The number of carbonyl (C=O) groups is 1. The van der Waals surface area contributed by atoms with Crippen LogP contribution in [0.25, 0.3) is 16.7 Å². The highest BCUT2D eigenvalue weighted by molar-refractivity contribution is 6.14. The van der Waals surface area contributed by atoms with Gasteiger partial charge in [0.2, 0.25) is 0 Å². The maximum Gasteiger partial charge on any atom is 0.335 e. The maximum atomic E-state index is 10.9. The monoisotopic (exact) mass is 238 g/mol. The second-order valence-corrected chi connectivity index (χ2v) is 4.18. The molecule has 0 aliphatic carbocycles. The van der Waals surface area contributed by atoms with Gasteiger partial charge in [0.25, 0.3) is 0 Å². The molecule has 0 atom stereocenters. The van der Waals surface area contributed by atoms with Crippen LogP contribution in [-0.4, -0.2) is 11.1 Å². The van der Waals surface area contributed by atoms with E-state index in [1.54, 1.807) is 6.07 Å². The minimum absolute atomic E-state index is 0.116. The molecule has 18 heavy (non-hydrogen) atoms. The van der Waals surface area contributed by atoms with Gasteiger partial charge in [0.15, 0.2) is 0 Å². The minimum atomic E-state index is -0.989. The van der Waals surface area contributed by atoms with E-state index in [9.17, 15) is 4.79 Å². The molecule has 0 saturated carbocycles. The van der Waals surface area contributed by atoms with Crippen molar-refractivity contribution in [3.05, 3.63) is 66.2 Å². The van der Waals surface area contributed by atoms with Gasteiger partial charge in [-0.05, 0) is 35.2 Å². The van der Waals surface area contributed by atoms with Crippen molar-refractivity contribution in [3.63, 3.8) is 0 Å². The van der Waals surface area contributed by atoms with E-state index in [1.165, 1.54) is 0 Å². The zero-order valence-electron chi connectivity index (χ0n) is 10.2. The summed E-state index contributed by atoms with van der Waals surface area (Å²) >= 11 is 0. The average Bonchev–Trinajstić information content (AvgIpc) is 2.38. The van der Waals surface area contributed by atoms with Crippen molar-refractivity contribution in [1.82, 2.24) is 0 Å². The molecule has 2 nitrogen and oxygen atoms in total. The smallest absolute Gasteiger partial charge is 0.335 e. The number of rotatable bonds is 3. The number of carboxylic acids is 1. The van der Waals surface area contributed by atoms with E-state index in [-0.39, 0.29) is 5.57 Å². The zero-order chi connectivity index (χ0) is 13.1. The highest BCUT2D eigenvalue weighted by Crippen LogP contribution is 2.25. The quantitative estimate of drug-likeness (QED) is 0.827.